The maximum Gasteiger partial charge on any atom is 0.417 e. The Kier molecular flexibility index (Phi) is 4.62. The predicted octanol–water partition coefficient (Wildman–Crippen LogP) is 3.61. The van der Waals surface area contributed by atoms with Crippen LogP contribution in [-0.4, -0.2) is 47.0 Å². The van der Waals surface area contributed by atoms with Gasteiger partial charge < -0.3 is 9.80 Å². The highest BCUT2D eigenvalue weighted by Gasteiger charge is 2.39. The quantitative estimate of drug-likeness (QED) is 0.675. The van der Waals surface area contributed by atoms with E-state index in [4.69, 9.17) is 0 Å². The molecule has 144 valence electrons. The molecular weight excluding hydrogens is 369 g/mol. The zero-order chi connectivity index (χ0) is 19.7. The summed E-state index contributed by atoms with van der Waals surface area (Å²) in [7, 11) is 0. The Morgan fingerprint density at radius 2 is 1.64 bits per heavy atom. The number of hydrogen-bond donors (Lipinski definition) is 0. The van der Waals surface area contributed by atoms with E-state index < -0.39 is 23.2 Å². The Bertz CT molecular complexity index is 999. The molecule has 1 aromatic carbocycles. The summed E-state index contributed by atoms with van der Waals surface area (Å²) in [5.74, 6) is -0.639. The van der Waals surface area contributed by atoms with Crippen molar-refractivity contribution in [1.82, 2.24) is 14.9 Å². The number of aromatic nitrogens is 2. The van der Waals surface area contributed by atoms with Gasteiger partial charge in [-0.2, -0.15) is 13.2 Å². The molecule has 3 aromatic rings. The molecule has 0 atom stereocenters. The summed E-state index contributed by atoms with van der Waals surface area (Å²) in [5.41, 5.74) is -0.123. The number of hydrogen-bond acceptors (Lipinski definition) is 4. The molecule has 5 nitrogen and oxygen atoms in total. The van der Waals surface area contributed by atoms with E-state index in [1.807, 2.05) is 12.1 Å². The van der Waals surface area contributed by atoms with E-state index >= 15 is 0 Å². The molecule has 0 aliphatic carbocycles. The van der Waals surface area contributed by atoms with Gasteiger partial charge in [0.1, 0.15) is 0 Å². The molecule has 4 rings (SSSR count). The van der Waals surface area contributed by atoms with E-state index in [1.165, 1.54) is 23.1 Å². The molecule has 28 heavy (non-hydrogen) atoms. The van der Waals surface area contributed by atoms with Crippen LogP contribution in [0.4, 0.5) is 18.9 Å². The lowest BCUT2D eigenvalue weighted by Crippen LogP contribution is -2.49. The molecule has 1 fully saturated rings. The van der Waals surface area contributed by atoms with E-state index in [2.05, 4.69) is 14.9 Å². The summed E-state index contributed by atoms with van der Waals surface area (Å²) >= 11 is 0. The van der Waals surface area contributed by atoms with Gasteiger partial charge in [-0.25, -0.2) is 0 Å². The lowest BCUT2D eigenvalue weighted by Gasteiger charge is -2.36. The standard InChI is InChI=1S/C20H17F3N4O/c21-20(22,23)18-15-3-1-2-4-17(15)25-13-16(18)19(28)27-11-9-26(10-12-27)14-5-7-24-8-6-14/h1-8,13H,9-12H2. The molecule has 8 heteroatoms. The normalized spacial score (nSPS) is 15.1. The van der Waals surface area contributed by atoms with Gasteiger partial charge in [-0.3, -0.25) is 14.8 Å². The first-order valence-electron chi connectivity index (χ1n) is 8.84. The average molecular weight is 386 g/mol. The number of amides is 1. The molecule has 1 amide bonds. The molecule has 0 unspecified atom stereocenters. The maximum atomic E-state index is 13.8. The Labute approximate surface area is 159 Å². The fourth-order valence-electron chi connectivity index (χ4n) is 3.50. The van der Waals surface area contributed by atoms with Gasteiger partial charge in [0.2, 0.25) is 0 Å². The Balaban J connectivity index is 1.61. The summed E-state index contributed by atoms with van der Waals surface area (Å²) < 4.78 is 41.3. The van der Waals surface area contributed by atoms with Crippen molar-refractivity contribution in [3.8, 4) is 0 Å². The van der Waals surface area contributed by atoms with Crippen LogP contribution >= 0.6 is 0 Å². The third kappa shape index (κ3) is 3.37. The lowest BCUT2D eigenvalue weighted by molar-refractivity contribution is -0.136. The molecule has 0 spiro atoms. The highest BCUT2D eigenvalue weighted by molar-refractivity contribution is 6.00. The van der Waals surface area contributed by atoms with Crippen molar-refractivity contribution in [2.45, 2.75) is 6.18 Å². The third-order valence-corrected chi connectivity index (χ3v) is 4.88. The van der Waals surface area contributed by atoms with E-state index in [-0.39, 0.29) is 10.9 Å². The number of pyridine rings is 2. The van der Waals surface area contributed by atoms with Crippen molar-refractivity contribution >= 4 is 22.5 Å². The van der Waals surface area contributed by atoms with Crippen LogP contribution in [0.3, 0.4) is 0 Å². The molecule has 0 saturated carbocycles. The smallest absolute Gasteiger partial charge is 0.368 e. The second-order valence-corrected chi connectivity index (χ2v) is 6.55. The van der Waals surface area contributed by atoms with Crippen molar-refractivity contribution in [2.24, 2.45) is 0 Å². The number of anilines is 1. The number of rotatable bonds is 2. The second kappa shape index (κ2) is 7.10. The minimum atomic E-state index is -4.65. The van der Waals surface area contributed by atoms with Crippen molar-refractivity contribution in [3.05, 3.63) is 66.1 Å². The predicted molar refractivity (Wildman–Crippen MR) is 99.1 cm³/mol. The highest BCUT2D eigenvalue weighted by Crippen LogP contribution is 2.37. The molecule has 1 aliphatic heterocycles. The van der Waals surface area contributed by atoms with Crippen LogP contribution in [-0.2, 0) is 6.18 Å². The molecular formula is C20H17F3N4O. The number of fused-ring (bicyclic) bond motifs is 1. The second-order valence-electron chi connectivity index (χ2n) is 6.55. The molecule has 1 aliphatic rings. The third-order valence-electron chi connectivity index (χ3n) is 4.88. The first kappa shape index (κ1) is 18.2. The van der Waals surface area contributed by atoms with Gasteiger partial charge in [-0.15, -0.1) is 0 Å². The van der Waals surface area contributed by atoms with Crippen LogP contribution < -0.4 is 4.90 Å². The Morgan fingerprint density at radius 3 is 2.32 bits per heavy atom. The topological polar surface area (TPSA) is 49.3 Å². The monoisotopic (exact) mass is 386 g/mol. The summed E-state index contributed by atoms with van der Waals surface area (Å²) in [5, 5.41) is -0.0590. The van der Waals surface area contributed by atoms with Crippen LogP contribution in [0.25, 0.3) is 10.9 Å². The largest absolute Gasteiger partial charge is 0.417 e. The number of carbonyl (C=O) groups excluding carboxylic acids is 1. The van der Waals surface area contributed by atoms with Crippen molar-refractivity contribution in [1.29, 1.82) is 0 Å². The Hall–Kier alpha value is -3.16. The van der Waals surface area contributed by atoms with Crippen LogP contribution in [0.1, 0.15) is 15.9 Å². The Morgan fingerprint density at radius 1 is 0.964 bits per heavy atom. The van der Waals surface area contributed by atoms with Gasteiger partial charge in [0.25, 0.3) is 5.91 Å². The fourth-order valence-corrected chi connectivity index (χ4v) is 3.50. The highest BCUT2D eigenvalue weighted by atomic mass is 19.4. The van der Waals surface area contributed by atoms with Gasteiger partial charge >= 0.3 is 6.18 Å². The maximum absolute atomic E-state index is 13.8. The minimum Gasteiger partial charge on any atom is -0.368 e. The zero-order valence-corrected chi connectivity index (χ0v) is 14.9. The van der Waals surface area contributed by atoms with E-state index in [0.29, 0.717) is 26.2 Å². The first-order chi connectivity index (χ1) is 13.4. The summed E-state index contributed by atoms with van der Waals surface area (Å²) in [6.07, 6.45) is -0.235. The zero-order valence-electron chi connectivity index (χ0n) is 14.9. The number of halogens is 3. The number of nitrogens with zero attached hydrogens (tertiary/aromatic N) is 4. The van der Waals surface area contributed by atoms with Crippen molar-refractivity contribution < 1.29 is 18.0 Å². The van der Waals surface area contributed by atoms with Crippen LogP contribution in [0.5, 0.6) is 0 Å². The SMILES string of the molecule is O=C(c1cnc2ccccc2c1C(F)(F)F)N1CCN(c2ccncc2)CC1. The lowest BCUT2D eigenvalue weighted by atomic mass is 10.0. The van der Waals surface area contributed by atoms with Crippen LogP contribution in [0, 0.1) is 0 Å². The first-order valence-corrected chi connectivity index (χ1v) is 8.84. The number of para-hydroxylation sites is 1. The van der Waals surface area contributed by atoms with E-state index in [9.17, 15) is 18.0 Å². The summed E-state index contributed by atoms with van der Waals surface area (Å²) in [4.78, 5) is 24.5. The van der Waals surface area contributed by atoms with Crippen molar-refractivity contribution in [2.75, 3.05) is 31.1 Å². The molecule has 0 bridgehead atoms. The van der Waals surface area contributed by atoms with Crippen LogP contribution in [0.15, 0.2) is 55.0 Å². The van der Waals surface area contributed by atoms with Gasteiger partial charge in [-0.05, 0) is 18.2 Å². The fraction of sp³-hybridized carbons (Fsp3) is 0.250. The van der Waals surface area contributed by atoms with Crippen LogP contribution in [0.2, 0.25) is 0 Å². The molecule has 3 heterocycles. The van der Waals surface area contributed by atoms with Gasteiger partial charge in [0.05, 0.1) is 16.6 Å². The number of alkyl halides is 3. The number of benzene rings is 1. The van der Waals surface area contributed by atoms with Gasteiger partial charge in [0.15, 0.2) is 0 Å². The number of carbonyl (C=O) groups is 1. The molecule has 1 saturated heterocycles. The van der Waals surface area contributed by atoms with Gasteiger partial charge in [-0.1, -0.05) is 18.2 Å². The molecule has 0 radical (unpaired) electrons. The minimum absolute atomic E-state index is 0.0590. The summed E-state index contributed by atoms with van der Waals surface area (Å²) in [6, 6.07) is 9.73. The van der Waals surface area contributed by atoms with E-state index in [1.54, 1.807) is 18.5 Å². The molecule has 2 aromatic heterocycles. The summed E-state index contributed by atoms with van der Waals surface area (Å²) in [6.45, 7) is 1.76. The molecule has 0 N–H and O–H groups in total. The average Bonchev–Trinajstić information content (AvgIpc) is 2.72. The van der Waals surface area contributed by atoms with E-state index in [0.717, 1.165) is 11.9 Å². The number of piperazine rings is 1. The van der Waals surface area contributed by atoms with Crippen molar-refractivity contribution in [3.63, 3.8) is 0 Å². The van der Waals surface area contributed by atoms with Gasteiger partial charge in [0, 0.05) is 55.8 Å².